The molecule has 0 spiro atoms. The van der Waals surface area contributed by atoms with E-state index in [1.165, 1.54) is 7.11 Å². The molecule has 0 fully saturated rings. The lowest BCUT2D eigenvalue weighted by Crippen LogP contribution is -2.30. The van der Waals surface area contributed by atoms with Crippen molar-refractivity contribution in [3.05, 3.63) is 34.5 Å². The van der Waals surface area contributed by atoms with Crippen LogP contribution in [0.1, 0.15) is 13.8 Å². The highest BCUT2D eigenvalue weighted by Gasteiger charge is 2.02. The van der Waals surface area contributed by atoms with Crippen LogP contribution in [0.15, 0.2) is 23.9 Å². The van der Waals surface area contributed by atoms with Gasteiger partial charge in [0.15, 0.2) is 0 Å². The van der Waals surface area contributed by atoms with E-state index in [-0.39, 0.29) is 12.5 Å². The monoisotopic (exact) mass is 219 g/mol. The molecule has 1 aromatic rings. The predicted molar refractivity (Wildman–Crippen MR) is 65.1 cm³/mol. The third-order valence-electron chi connectivity index (χ3n) is 2.44. The number of hydrogen-bond acceptors (Lipinski definition) is 2. The van der Waals surface area contributed by atoms with Crippen LogP contribution >= 0.6 is 0 Å². The maximum Gasteiger partial charge on any atom is 0.325 e. The Morgan fingerprint density at radius 3 is 2.88 bits per heavy atom. The van der Waals surface area contributed by atoms with Crippen LogP contribution in [0.2, 0.25) is 0 Å². The van der Waals surface area contributed by atoms with Crippen molar-refractivity contribution >= 4 is 18.6 Å². The minimum atomic E-state index is -0.261. The fraction of sp³-hybridized carbons (Fsp3) is 0.308. The van der Waals surface area contributed by atoms with E-state index in [2.05, 4.69) is 11.3 Å². The number of methoxy groups -OCH3 is 1. The van der Waals surface area contributed by atoms with Crippen molar-refractivity contribution in [2.24, 2.45) is 0 Å². The Kier molecular flexibility index (Phi) is 4.11. The van der Waals surface area contributed by atoms with E-state index in [1.807, 2.05) is 42.8 Å². The molecular formula is C13H17NO2. The van der Waals surface area contributed by atoms with E-state index in [0.717, 1.165) is 16.1 Å². The SMILES string of the molecule is C=c1ccn(CC(=O)OC)/c1=C/C(C)=C\C. The van der Waals surface area contributed by atoms with Gasteiger partial charge < -0.3 is 9.30 Å². The Morgan fingerprint density at radius 2 is 2.31 bits per heavy atom. The summed E-state index contributed by atoms with van der Waals surface area (Å²) in [4.78, 5) is 11.2. The second kappa shape index (κ2) is 5.35. The topological polar surface area (TPSA) is 31.2 Å². The van der Waals surface area contributed by atoms with Gasteiger partial charge in [0.25, 0.3) is 0 Å². The highest BCUT2D eigenvalue weighted by molar-refractivity contribution is 5.69. The van der Waals surface area contributed by atoms with E-state index >= 15 is 0 Å². The van der Waals surface area contributed by atoms with Crippen molar-refractivity contribution in [1.82, 2.24) is 4.57 Å². The third-order valence-corrected chi connectivity index (χ3v) is 2.44. The van der Waals surface area contributed by atoms with Gasteiger partial charge in [0.1, 0.15) is 6.54 Å². The van der Waals surface area contributed by atoms with Gasteiger partial charge in [0.2, 0.25) is 0 Å². The molecule has 3 heteroatoms. The van der Waals surface area contributed by atoms with Crippen molar-refractivity contribution in [2.45, 2.75) is 20.4 Å². The van der Waals surface area contributed by atoms with Crippen LogP contribution in [0.3, 0.4) is 0 Å². The molecule has 0 aromatic carbocycles. The molecule has 16 heavy (non-hydrogen) atoms. The van der Waals surface area contributed by atoms with Gasteiger partial charge in [-0.1, -0.05) is 18.2 Å². The van der Waals surface area contributed by atoms with E-state index in [4.69, 9.17) is 0 Å². The molecule has 3 nitrogen and oxygen atoms in total. The van der Waals surface area contributed by atoms with Gasteiger partial charge in [0.05, 0.1) is 7.11 Å². The second-order valence-corrected chi connectivity index (χ2v) is 3.61. The number of carbonyl (C=O) groups excluding carboxylic acids is 1. The summed E-state index contributed by atoms with van der Waals surface area (Å²) < 4.78 is 6.48. The van der Waals surface area contributed by atoms with Gasteiger partial charge in [-0.05, 0) is 31.2 Å². The average molecular weight is 219 g/mol. The van der Waals surface area contributed by atoms with Crippen LogP contribution in [0.25, 0.3) is 12.7 Å². The number of rotatable bonds is 3. The molecule has 0 bridgehead atoms. The van der Waals surface area contributed by atoms with Crippen LogP contribution in [-0.4, -0.2) is 17.6 Å². The fourth-order valence-electron chi connectivity index (χ4n) is 1.35. The highest BCUT2D eigenvalue weighted by atomic mass is 16.5. The quantitative estimate of drug-likeness (QED) is 0.705. The summed E-state index contributed by atoms with van der Waals surface area (Å²) in [6.07, 6.45) is 5.86. The minimum Gasteiger partial charge on any atom is -0.468 e. The molecule has 0 unspecified atom stereocenters. The van der Waals surface area contributed by atoms with Crippen LogP contribution in [0.5, 0.6) is 0 Å². The van der Waals surface area contributed by atoms with Crippen molar-refractivity contribution in [3.8, 4) is 0 Å². The standard InChI is InChI=1S/C13H17NO2/c1-5-10(2)8-12-11(3)6-7-14(12)9-13(15)16-4/h5-8H,3,9H2,1-2,4H3/b10-5-,12-8+. The third kappa shape index (κ3) is 2.86. The first-order valence-corrected chi connectivity index (χ1v) is 5.14. The van der Waals surface area contributed by atoms with Crippen molar-refractivity contribution in [1.29, 1.82) is 0 Å². The van der Waals surface area contributed by atoms with Crippen LogP contribution < -0.4 is 10.6 Å². The van der Waals surface area contributed by atoms with Crippen LogP contribution in [-0.2, 0) is 16.1 Å². The van der Waals surface area contributed by atoms with Gasteiger partial charge >= 0.3 is 5.97 Å². The number of nitrogens with zero attached hydrogens (tertiary/aromatic N) is 1. The maximum absolute atomic E-state index is 11.2. The molecule has 1 aromatic heterocycles. The summed E-state index contributed by atoms with van der Waals surface area (Å²) >= 11 is 0. The van der Waals surface area contributed by atoms with E-state index in [9.17, 15) is 4.79 Å². The molecule has 0 aliphatic heterocycles. The molecule has 0 aliphatic carbocycles. The zero-order chi connectivity index (χ0) is 12.1. The first-order valence-electron chi connectivity index (χ1n) is 5.14. The minimum absolute atomic E-state index is 0.217. The Morgan fingerprint density at radius 1 is 1.62 bits per heavy atom. The van der Waals surface area contributed by atoms with Crippen molar-refractivity contribution in [2.75, 3.05) is 7.11 Å². The zero-order valence-electron chi connectivity index (χ0n) is 9.99. The van der Waals surface area contributed by atoms with Crippen LogP contribution in [0.4, 0.5) is 0 Å². The molecule has 1 rings (SSSR count). The van der Waals surface area contributed by atoms with Crippen molar-refractivity contribution in [3.63, 3.8) is 0 Å². The molecule has 0 N–H and O–H groups in total. The largest absolute Gasteiger partial charge is 0.468 e. The lowest BCUT2D eigenvalue weighted by Gasteiger charge is -2.02. The summed E-state index contributed by atoms with van der Waals surface area (Å²) in [5.41, 5.74) is 1.13. The summed E-state index contributed by atoms with van der Waals surface area (Å²) in [5.74, 6) is -0.261. The summed E-state index contributed by atoms with van der Waals surface area (Å²) in [5, 5.41) is 1.85. The summed E-state index contributed by atoms with van der Waals surface area (Å²) in [7, 11) is 1.39. The van der Waals surface area contributed by atoms with Crippen LogP contribution in [0, 0.1) is 0 Å². The molecule has 0 saturated heterocycles. The maximum atomic E-state index is 11.2. The number of esters is 1. The van der Waals surface area contributed by atoms with E-state index in [1.54, 1.807) is 0 Å². The zero-order valence-corrected chi connectivity index (χ0v) is 9.99. The lowest BCUT2D eigenvalue weighted by atomic mass is 10.2. The number of ether oxygens (including phenoxy) is 1. The molecule has 0 amide bonds. The number of aromatic nitrogens is 1. The van der Waals surface area contributed by atoms with Gasteiger partial charge in [-0.25, -0.2) is 0 Å². The number of carbonyl (C=O) groups is 1. The molecule has 0 atom stereocenters. The normalized spacial score (nSPS) is 12.9. The van der Waals surface area contributed by atoms with Gasteiger partial charge in [-0.3, -0.25) is 4.79 Å². The molecule has 0 aliphatic rings. The van der Waals surface area contributed by atoms with E-state index < -0.39 is 0 Å². The highest BCUT2D eigenvalue weighted by Crippen LogP contribution is 1.92. The fourth-order valence-corrected chi connectivity index (χ4v) is 1.35. The Labute approximate surface area is 95.3 Å². The Hall–Kier alpha value is -1.77. The van der Waals surface area contributed by atoms with Gasteiger partial charge in [0, 0.05) is 11.5 Å². The first-order chi connectivity index (χ1) is 7.58. The first kappa shape index (κ1) is 12.3. The summed E-state index contributed by atoms with van der Waals surface area (Å²) in [6, 6.07) is 1.89. The smallest absolute Gasteiger partial charge is 0.325 e. The van der Waals surface area contributed by atoms with Gasteiger partial charge in [-0.2, -0.15) is 0 Å². The average Bonchev–Trinajstić information content (AvgIpc) is 2.61. The lowest BCUT2D eigenvalue weighted by molar-refractivity contribution is -0.141. The molecule has 86 valence electrons. The molecule has 0 saturated carbocycles. The Bertz CT molecular complexity index is 509. The van der Waals surface area contributed by atoms with Gasteiger partial charge in [-0.15, -0.1) is 0 Å². The van der Waals surface area contributed by atoms with E-state index in [0.29, 0.717) is 0 Å². The molecular weight excluding hydrogens is 202 g/mol. The summed E-state index contributed by atoms with van der Waals surface area (Å²) in [6.45, 7) is 8.13. The van der Waals surface area contributed by atoms with Crippen molar-refractivity contribution < 1.29 is 9.53 Å². The predicted octanol–water partition coefficient (Wildman–Crippen LogP) is 0.818. The second-order valence-electron chi connectivity index (χ2n) is 3.61. The molecule has 1 heterocycles. The molecule has 0 radical (unpaired) electrons. The number of allylic oxidation sites excluding steroid dienone is 2. The number of hydrogen-bond donors (Lipinski definition) is 0. The Balaban J connectivity index is 3.18.